The number of hydrogen-bond acceptors (Lipinski definition) is 5. The van der Waals surface area contributed by atoms with Gasteiger partial charge in [0.15, 0.2) is 0 Å². The van der Waals surface area contributed by atoms with Gasteiger partial charge >= 0.3 is 12.4 Å². The second-order valence-electron chi connectivity index (χ2n) is 3.46. The van der Waals surface area contributed by atoms with Gasteiger partial charge in [-0.05, 0) is 20.8 Å². The van der Waals surface area contributed by atoms with Gasteiger partial charge in [0, 0.05) is 31.8 Å². The zero-order valence-electron chi connectivity index (χ0n) is 10.2. The molecule has 0 aliphatic heterocycles. The lowest BCUT2D eigenvalue weighted by Gasteiger charge is -2.26. The quantitative estimate of drug-likeness (QED) is 0.366. The van der Waals surface area contributed by atoms with Gasteiger partial charge in [-0.15, -0.1) is 0 Å². The van der Waals surface area contributed by atoms with Gasteiger partial charge in [-0.1, -0.05) is 0 Å². The van der Waals surface area contributed by atoms with Crippen molar-refractivity contribution >= 4 is 24.5 Å². The van der Waals surface area contributed by atoms with Crippen LogP contribution >= 0.6 is 12.1 Å². The largest absolute Gasteiger partial charge is 0.466 e. The molecule has 0 bridgehead atoms. The van der Waals surface area contributed by atoms with E-state index in [1.807, 2.05) is 18.2 Å². The van der Waals surface area contributed by atoms with E-state index in [-0.39, 0.29) is 12.0 Å². The van der Waals surface area contributed by atoms with E-state index in [0.29, 0.717) is 19.6 Å². The molecule has 0 fully saturated rings. The summed E-state index contributed by atoms with van der Waals surface area (Å²) in [5.41, 5.74) is 0. The molecular weight excluding hydrogens is 228 g/mol. The summed E-state index contributed by atoms with van der Waals surface area (Å²) < 4.78 is 8.11. The molecule has 0 aromatic heterocycles. The fraction of sp³-hybridized carbons (Fsp3) is 0.800. The van der Waals surface area contributed by atoms with Gasteiger partial charge in [0.05, 0.1) is 13.0 Å². The molecule has 0 rings (SSSR count). The van der Waals surface area contributed by atoms with E-state index < -0.39 is 0 Å². The Hall–Kier alpha value is -0.750. The minimum absolute atomic E-state index is 0.216. The van der Waals surface area contributed by atoms with Crippen LogP contribution in [-0.2, 0) is 14.3 Å². The number of hydrogen-bond donors (Lipinski definition) is 0. The summed E-state index contributed by atoms with van der Waals surface area (Å²) in [6, 6.07) is 0.232. The molecule has 16 heavy (non-hydrogen) atoms. The average Bonchev–Trinajstić information content (AvgIpc) is 2.23. The Morgan fingerprint density at radius 1 is 1.50 bits per heavy atom. The Morgan fingerprint density at radius 2 is 2.12 bits per heavy atom. The summed E-state index contributed by atoms with van der Waals surface area (Å²) in [7, 11) is 1.62. The topological polar surface area (TPSA) is 49.9 Å². The number of amides is 1. The van der Waals surface area contributed by atoms with Crippen molar-refractivity contribution in [3.8, 4) is 0 Å². The van der Waals surface area contributed by atoms with Crippen molar-refractivity contribution in [2.75, 3.05) is 20.2 Å². The molecule has 0 atom stereocenters. The first kappa shape index (κ1) is 15.2. The Bertz CT molecular complexity index is 224. The maximum atomic E-state index is 11.2. The van der Waals surface area contributed by atoms with Crippen LogP contribution in [0.1, 0.15) is 27.2 Å². The number of rotatable bonds is 8. The summed E-state index contributed by atoms with van der Waals surface area (Å²) in [6.07, 6.45) is 2.08. The van der Waals surface area contributed by atoms with Gasteiger partial charge in [-0.2, -0.15) is 0 Å². The summed E-state index contributed by atoms with van der Waals surface area (Å²) >= 11 is 1.25. The molecule has 0 unspecified atom stereocenters. The van der Waals surface area contributed by atoms with E-state index in [9.17, 15) is 9.59 Å². The monoisotopic (exact) mass is 247 g/mol. The predicted octanol–water partition coefficient (Wildman–Crippen LogP) is 1.21. The third kappa shape index (κ3) is 6.68. The van der Waals surface area contributed by atoms with Crippen LogP contribution in [0, 0.1) is 0 Å². The fourth-order valence-corrected chi connectivity index (χ4v) is 1.71. The first-order valence-corrected chi connectivity index (χ1v) is 5.96. The smallest absolute Gasteiger partial charge is 0.323 e. The number of ether oxygens (including phenoxy) is 1. The molecule has 6 heteroatoms. The van der Waals surface area contributed by atoms with Crippen LogP contribution in [0.15, 0.2) is 0 Å². The first-order valence-electron chi connectivity index (χ1n) is 5.23. The Labute approximate surface area is 101 Å². The van der Waals surface area contributed by atoms with E-state index in [0.717, 1.165) is 0 Å². The highest BCUT2D eigenvalue weighted by atomic mass is 32.2. The van der Waals surface area contributed by atoms with Crippen LogP contribution < -0.4 is 0 Å². The van der Waals surface area contributed by atoms with Crippen LogP contribution in [0.25, 0.3) is 0 Å². The molecule has 0 saturated carbocycles. The third-order valence-corrected chi connectivity index (χ3v) is 2.91. The van der Waals surface area contributed by atoms with Crippen molar-refractivity contribution in [3.05, 3.63) is 0 Å². The first-order chi connectivity index (χ1) is 7.51. The van der Waals surface area contributed by atoms with Gasteiger partial charge < -0.3 is 4.74 Å². The molecule has 1 radical (unpaired) electrons. The highest BCUT2D eigenvalue weighted by Gasteiger charge is 2.15. The molecule has 0 heterocycles. The predicted molar refractivity (Wildman–Crippen MR) is 64.1 cm³/mol. The lowest BCUT2D eigenvalue weighted by molar-refractivity contribution is -0.143. The van der Waals surface area contributed by atoms with Gasteiger partial charge in [-0.25, -0.2) is 4.31 Å². The van der Waals surface area contributed by atoms with E-state index in [4.69, 9.17) is 4.74 Å². The molecule has 5 nitrogen and oxygen atoms in total. The van der Waals surface area contributed by atoms with Gasteiger partial charge in [0.25, 0.3) is 0 Å². The Morgan fingerprint density at radius 3 is 2.56 bits per heavy atom. The standard InChI is InChI=1S/C10H19N2O3S/c1-5-15-10(14)6-7-12(9(2)3)16-11(4)8-13/h9H,5-7H2,1-4H3. The van der Waals surface area contributed by atoms with Crippen molar-refractivity contribution in [2.45, 2.75) is 33.2 Å². The summed E-state index contributed by atoms with van der Waals surface area (Å²) in [5.74, 6) is -0.216. The molecule has 0 aliphatic rings. The summed E-state index contributed by atoms with van der Waals surface area (Å²) in [4.78, 5) is 21.5. The molecule has 0 N–H and O–H groups in total. The SMILES string of the molecule is CCOC(=O)CCN(SN(C)[C]=O)C(C)C. The lowest BCUT2D eigenvalue weighted by Crippen LogP contribution is -2.30. The highest BCUT2D eigenvalue weighted by molar-refractivity contribution is 7.95. The second-order valence-corrected chi connectivity index (χ2v) is 4.64. The van der Waals surface area contributed by atoms with E-state index >= 15 is 0 Å². The Kier molecular flexibility index (Phi) is 8.01. The van der Waals surface area contributed by atoms with Gasteiger partial charge in [0.2, 0.25) is 0 Å². The van der Waals surface area contributed by atoms with E-state index in [1.165, 1.54) is 16.4 Å². The van der Waals surface area contributed by atoms with Crippen molar-refractivity contribution in [2.24, 2.45) is 0 Å². The number of nitrogens with zero attached hydrogens (tertiary/aromatic N) is 2. The minimum Gasteiger partial charge on any atom is -0.466 e. The molecule has 0 aliphatic carbocycles. The number of esters is 1. The molecule has 1 amide bonds. The van der Waals surface area contributed by atoms with Crippen LogP contribution in [0.2, 0.25) is 0 Å². The zero-order chi connectivity index (χ0) is 12.6. The Balaban J connectivity index is 4.03. The normalized spacial score (nSPS) is 10.6. The summed E-state index contributed by atoms with van der Waals surface area (Å²) in [6.45, 7) is 6.72. The molecule has 0 saturated heterocycles. The maximum absolute atomic E-state index is 11.2. The third-order valence-electron chi connectivity index (χ3n) is 1.77. The summed E-state index contributed by atoms with van der Waals surface area (Å²) in [5, 5.41) is 0. The van der Waals surface area contributed by atoms with E-state index in [2.05, 4.69) is 0 Å². The average molecular weight is 247 g/mol. The molecular formula is C10H19N2O3S. The van der Waals surface area contributed by atoms with E-state index in [1.54, 1.807) is 20.4 Å². The van der Waals surface area contributed by atoms with Gasteiger partial charge in [0.1, 0.15) is 0 Å². The van der Waals surface area contributed by atoms with Crippen molar-refractivity contribution < 1.29 is 14.3 Å². The second kappa shape index (κ2) is 8.41. The molecule has 0 aromatic carbocycles. The number of carbonyl (C=O) groups is 1. The van der Waals surface area contributed by atoms with Crippen LogP contribution in [-0.4, -0.2) is 47.2 Å². The fourth-order valence-electron chi connectivity index (χ4n) is 1.00. The minimum atomic E-state index is -0.216. The van der Waals surface area contributed by atoms with Crippen molar-refractivity contribution in [1.29, 1.82) is 0 Å². The molecule has 93 valence electrons. The van der Waals surface area contributed by atoms with Crippen LogP contribution in [0.4, 0.5) is 0 Å². The maximum Gasteiger partial charge on any atom is 0.323 e. The lowest BCUT2D eigenvalue weighted by atomic mass is 10.3. The number of carbonyl (C=O) groups excluding carboxylic acids is 2. The van der Waals surface area contributed by atoms with Crippen LogP contribution in [0.3, 0.4) is 0 Å². The van der Waals surface area contributed by atoms with Crippen molar-refractivity contribution in [3.63, 3.8) is 0 Å². The van der Waals surface area contributed by atoms with Gasteiger partial charge in [-0.3, -0.25) is 13.9 Å². The zero-order valence-corrected chi connectivity index (χ0v) is 11.0. The highest BCUT2D eigenvalue weighted by Crippen LogP contribution is 2.16. The molecule has 0 aromatic rings. The molecule has 0 spiro atoms. The van der Waals surface area contributed by atoms with Crippen LogP contribution in [0.5, 0.6) is 0 Å². The van der Waals surface area contributed by atoms with Crippen molar-refractivity contribution in [1.82, 2.24) is 8.61 Å².